The third kappa shape index (κ3) is 4.48. The summed E-state index contributed by atoms with van der Waals surface area (Å²) in [6.07, 6.45) is -4.46. The molecule has 0 spiro atoms. The van der Waals surface area contributed by atoms with Gasteiger partial charge in [0.15, 0.2) is 0 Å². The van der Waals surface area contributed by atoms with Crippen molar-refractivity contribution >= 4 is 39.1 Å². The molecule has 0 atom stereocenters. The molecule has 0 aromatic heterocycles. The molecular weight excluding hydrogens is 383 g/mol. The second kappa shape index (κ2) is 6.71. The third-order valence-corrected chi connectivity index (χ3v) is 3.64. The maximum atomic E-state index is 12.7. The number of benzene rings is 2. The van der Waals surface area contributed by atoms with Gasteiger partial charge in [0.2, 0.25) is 5.91 Å². The van der Waals surface area contributed by atoms with Crippen LogP contribution in [0.3, 0.4) is 0 Å². The van der Waals surface area contributed by atoms with Crippen molar-refractivity contribution in [2.24, 2.45) is 0 Å². The summed E-state index contributed by atoms with van der Waals surface area (Å²) in [5, 5.41) is 2.46. The predicted octanol–water partition coefficient (Wildman–Crippen LogP) is 5.30. The Kier molecular flexibility index (Phi) is 5.13. The minimum Gasteiger partial charge on any atom is -0.324 e. The second-order valence-corrected chi connectivity index (χ2v) is 5.87. The molecule has 1 N–H and O–H groups in total. The molecule has 2 nitrogen and oxygen atoms in total. The lowest BCUT2D eigenvalue weighted by molar-refractivity contribution is -0.137. The number of halogens is 5. The van der Waals surface area contributed by atoms with E-state index in [0.29, 0.717) is 0 Å². The average molecular weight is 393 g/mol. The van der Waals surface area contributed by atoms with Gasteiger partial charge in [0.05, 0.1) is 22.7 Å². The van der Waals surface area contributed by atoms with Crippen LogP contribution in [0.2, 0.25) is 5.02 Å². The van der Waals surface area contributed by atoms with Crippen LogP contribution in [0.4, 0.5) is 18.9 Å². The third-order valence-electron chi connectivity index (χ3n) is 2.82. The molecule has 0 saturated heterocycles. The zero-order valence-corrected chi connectivity index (χ0v) is 13.4. The molecule has 0 saturated carbocycles. The van der Waals surface area contributed by atoms with E-state index >= 15 is 0 Å². The van der Waals surface area contributed by atoms with Gasteiger partial charge in [-0.2, -0.15) is 13.2 Å². The lowest BCUT2D eigenvalue weighted by Crippen LogP contribution is -2.15. The second-order valence-electron chi connectivity index (χ2n) is 4.55. The van der Waals surface area contributed by atoms with E-state index in [1.807, 2.05) is 6.07 Å². The minimum absolute atomic E-state index is 0.0337. The first-order valence-corrected chi connectivity index (χ1v) is 7.34. The molecule has 0 radical (unpaired) electrons. The topological polar surface area (TPSA) is 29.1 Å². The Morgan fingerprint density at radius 1 is 1.18 bits per heavy atom. The Labute approximate surface area is 138 Å². The number of amides is 1. The highest BCUT2D eigenvalue weighted by atomic mass is 79.9. The van der Waals surface area contributed by atoms with Crippen molar-refractivity contribution in [1.29, 1.82) is 0 Å². The summed E-state index contributed by atoms with van der Waals surface area (Å²) in [6.45, 7) is 0. The monoisotopic (exact) mass is 391 g/mol. The quantitative estimate of drug-likeness (QED) is 0.754. The van der Waals surface area contributed by atoms with Gasteiger partial charge in [-0.25, -0.2) is 0 Å². The number of rotatable bonds is 3. The Hall–Kier alpha value is -1.53. The number of nitrogens with one attached hydrogen (secondary N) is 1. The van der Waals surface area contributed by atoms with E-state index in [-0.39, 0.29) is 17.1 Å². The van der Waals surface area contributed by atoms with Crippen LogP contribution in [0.1, 0.15) is 11.1 Å². The molecule has 116 valence electrons. The fourth-order valence-electron chi connectivity index (χ4n) is 1.82. The van der Waals surface area contributed by atoms with E-state index in [0.717, 1.165) is 28.2 Å². The summed E-state index contributed by atoms with van der Waals surface area (Å²) >= 11 is 9.11. The van der Waals surface area contributed by atoms with Gasteiger partial charge in [-0.3, -0.25) is 4.79 Å². The van der Waals surface area contributed by atoms with Gasteiger partial charge in [0, 0.05) is 4.47 Å². The lowest BCUT2D eigenvalue weighted by atomic mass is 10.1. The van der Waals surface area contributed by atoms with E-state index in [1.54, 1.807) is 18.2 Å². The van der Waals surface area contributed by atoms with Crippen molar-refractivity contribution in [1.82, 2.24) is 0 Å². The standard InChI is InChI=1S/C15H10BrClF3NO/c16-11-3-1-2-9(6-11)7-14(22)21-13-8-10(15(18,19)20)4-5-12(13)17/h1-6,8H,7H2,(H,21,22). The van der Waals surface area contributed by atoms with Gasteiger partial charge >= 0.3 is 6.18 Å². The van der Waals surface area contributed by atoms with E-state index in [2.05, 4.69) is 21.2 Å². The Balaban J connectivity index is 2.14. The van der Waals surface area contributed by atoms with Gasteiger partial charge in [-0.1, -0.05) is 39.7 Å². The van der Waals surface area contributed by atoms with E-state index in [4.69, 9.17) is 11.6 Å². The molecular formula is C15H10BrClF3NO. The van der Waals surface area contributed by atoms with Crippen molar-refractivity contribution < 1.29 is 18.0 Å². The van der Waals surface area contributed by atoms with Crippen molar-refractivity contribution in [2.75, 3.05) is 5.32 Å². The number of anilines is 1. The van der Waals surface area contributed by atoms with Gasteiger partial charge in [-0.15, -0.1) is 0 Å². The van der Waals surface area contributed by atoms with E-state index in [9.17, 15) is 18.0 Å². The minimum atomic E-state index is -4.49. The fourth-order valence-corrected chi connectivity index (χ4v) is 2.44. The molecule has 22 heavy (non-hydrogen) atoms. The average Bonchev–Trinajstić information content (AvgIpc) is 2.40. The van der Waals surface area contributed by atoms with Crippen molar-refractivity contribution in [3.8, 4) is 0 Å². The first-order chi connectivity index (χ1) is 10.3. The van der Waals surface area contributed by atoms with Crippen molar-refractivity contribution in [2.45, 2.75) is 12.6 Å². The van der Waals surface area contributed by atoms with E-state index in [1.165, 1.54) is 0 Å². The smallest absolute Gasteiger partial charge is 0.324 e. The predicted molar refractivity (Wildman–Crippen MR) is 82.9 cm³/mol. The summed E-state index contributed by atoms with van der Waals surface area (Å²) in [4.78, 5) is 11.9. The van der Waals surface area contributed by atoms with E-state index < -0.39 is 17.6 Å². The van der Waals surface area contributed by atoms with Gasteiger partial charge in [0.1, 0.15) is 0 Å². The molecule has 2 aromatic rings. The molecule has 2 aromatic carbocycles. The zero-order chi connectivity index (χ0) is 16.3. The van der Waals surface area contributed by atoms with Crippen LogP contribution in [0.25, 0.3) is 0 Å². The molecule has 0 aliphatic heterocycles. The first-order valence-electron chi connectivity index (χ1n) is 6.17. The van der Waals surface area contributed by atoms with Crippen molar-refractivity contribution in [3.05, 3.63) is 63.1 Å². The molecule has 7 heteroatoms. The molecule has 0 aliphatic rings. The summed E-state index contributed by atoms with van der Waals surface area (Å²) in [6, 6.07) is 9.88. The number of alkyl halides is 3. The summed E-state index contributed by atoms with van der Waals surface area (Å²) in [5.41, 5.74) is -0.193. The van der Waals surface area contributed by atoms with Crippen molar-refractivity contribution in [3.63, 3.8) is 0 Å². The first kappa shape index (κ1) is 16.8. The fraction of sp³-hybridized carbons (Fsp3) is 0.133. The summed E-state index contributed by atoms with van der Waals surface area (Å²) in [5.74, 6) is -0.445. The lowest BCUT2D eigenvalue weighted by Gasteiger charge is -2.11. The maximum Gasteiger partial charge on any atom is 0.416 e. The van der Waals surface area contributed by atoms with Crippen LogP contribution >= 0.6 is 27.5 Å². The van der Waals surface area contributed by atoms with Gasteiger partial charge < -0.3 is 5.32 Å². The highest BCUT2D eigenvalue weighted by molar-refractivity contribution is 9.10. The van der Waals surface area contributed by atoms with Crippen LogP contribution in [-0.2, 0) is 17.4 Å². The maximum absolute atomic E-state index is 12.7. The molecule has 0 bridgehead atoms. The molecule has 0 unspecified atom stereocenters. The van der Waals surface area contributed by atoms with Crippen LogP contribution in [-0.4, -0.2) is 5.91 Å². The number of hydrogen-bond donors (Lipinski definition) is 1. The van der Waals surface area contributed by atoms with Gasteiger partial charge in [-0.05, 0) is 35.9 Å². The molecule has 2 rings (SSSR count). The van der Waals surface area contributed by atoms with Crippen LogP contribution in [0, 0.1) is 0 Å². The summed E-state index contributed by atoms with van der Waals surface area (Å²) in [7, 11) is 0. The normalized spacial score (nSPS) is 11.3. The number of carbonyl (C=O) groups excluding carboxylic acids is 1. The highest BCUT2D eigenvalue weighted by Gasteiger charge is 2.31. The van der Waals surface area contributed by atoms with Crippen LogP contribution in [0.5, 0.6) is 0 Å². The molecule has 0 aliphatic carbocycles. The number of hydrogen-bond acceptors (Lipinski definition) is 1. The zero-order valence-electron chi connectivity index (χ0n) is 11.0. The van der Waals surface area contributed by atoms with Crippen LogP contribution in [0.15, 0.2) is 46.9 Å². The number of carbonyl (C=O) groups is 1. The van der Waals surface area contributed by atoms with Gasteiger partial charge in [0.25, 0.3) is 0 Å². The highest BCUT2D eigenvalue weighted by Crippen LogP contribution is 2.33. The SMILES string of the molecule is O=C(Cc1cccc(Br)c1)Nc1cc(C(F)(F)F)ccc1Cl. The summed E-state index contributed by atoms with van der Waals surface area (Å²) < 4.78 is 38.8. The largest absolute Gasteiger partial charge is 0.416 e. The molecule has 1 amide bonds. The molecule has 0 fully saturated rings. The van der Waals surface area contributed by atoms with Crippen LogP contribution < -0.4 is 5.32 Å². The Morgan fingerprint density at radius 2 is 1.91 bits per heavy atom. The Morgan fingerprint density at radius 3 is 2.55 bits per heavy atom. The Bertz CT molecular complexity index is 703. The molecule has 0 heterocycles.